The molecule has 1 saturated heterocycles. The lowest BCUT2D eigenvalue weighted by atomic mass is 10.0. The second kappa shape index (κ2) is 10.7. The summed E-state index contributed by atoms with van der Waals surface area (Å²) in [6.45, 7) is 8.38. The van der Waals surface area contributed by atoms with Gasteiger partial charge in [-0.2, -0.15) is 4.98 Å². The van der Waals surface area contributed by atoms with Gasteiger partial charge < -0.3 is 19.5 Å². The quantitative estimate of drug-likeness (QED) is 0.411. The van der Waals surface area contributed by atoms with Crippen molar-refractivity contribution in [3.63, 3.8) is 0 Å². The molecule has 0 spiro atoms. The zero-order chi connectivity index (χ0) is 24.9. The number of nitrogens with zero attached hydrogens (tertiary/aromatic N) is 3. The van der Waals surface area contributed by atoms with E-state index in [0.29, 0.717) is 34.3 Å². The molecule has 1 aliphatic heterocycles. The third-order valence-corrected chi connectivity index (χ3v) is 6.27. The van der Waals surface area contributed by atoms with E-state index >= 15 is 0 Å². The second-order valence-corrected chi connectivity index (χ2v) is 9.11. The van der Waals surface area contributed by atoms with E-state index in [4.69, 9.17) is 4.42 Å². The Balaban J connectivity index is 1.41. The van der Waals surface area contributed by atoms with Crippen molar-refractivity contribution in [2.24, 2.45) is 5.92 Å². The van der Waals surface area contributed by atoms with E-state index in [1.165, 1.54) is 12.5 Å². The number of carbonyl (C=O) groups is 1. The minimum atomic E-state index is -0.398. The summed E-state index contributed by atoms with van der Waals surface area (Å²) in [7, 11) is 4.14. The summed E-state index contributed by atoms with van der Waals surface area (Å²) in [4.78, 5) is 21.8. The van der Waals surface area contributed by atoms with Crippen molar-refractivity contribution in [3.8, 4) is 0 Å². The van der Waals surface area contributed by atoms with Crippen molar-refractivity contribution in [1.29, 1.82) is 0 Å². The molecule has 1 unspecified atom stereocenters. The summed E-state index contributed by atoms with van der Waals surface area (Å²) in [5.74, 6) is -0.0172. The van der Waals surface area contributed by atoms with Crippen LogP contribution < -0.4 is 10.2 Å². The van der Waals surface area contributed by atoms with Crippen molar-refractivity contribution in [2.45, 2.75) is 13.3 Å². The molecular weight excluding hydrogens is 443 g/mol. The number of nitrogens with one attached hydrogen (secondary N) is 1. The molecule has 0 radical (unpaired) electrons. The SMILES string of the molecule is C=C/C(F)=C\C=C(/C)c1ccc(C(=O)Nc2ccc3oc(N(C)CC4CCN(C)C4)nc3c2)cc1. The van der Waals surface area contributed by atoms with Gasteiger partial charge in [-0.15, -0.1) is 0 Å². The van der Waals surface area contributed by atoms with Crippen molar-refractivity contribution in [2.75, 3.05) is 43.9 Å². The molecule has 1 atom stereocenters. The number of hydrogen-bond acceptors (Lipinski definition) is 5. The largest absolute Gasteiger partial charge is 0.423 e. The van der Waals surface area contributed by atoms with Crippen LogP contribution in [0.2, 0.25) is 0 Å². The molecule has 35 heavy (non-hydrogen) atoms. The zero-order valence-electron chi connectivity index (χ0n) is 20.4. The Morgan fingerprint density at radius 1 is 1.26 bits per heavy atom. The number of benzene rings is 2. The van der Waals surface area contributed by atoms with Gasteiger partial charge >= 0.3 is 0 Å². The Morgan fingerprint density at radius 2 is 2.00 bits per heavy atom. The summed E-state index contributed by atoms with van der Waals surface area (Å²) >= 11 is 0. The van der Waals surface area contributed by atoms with Crippen LogP contribution in [0.25, 0.3) is 16.7 Å². The van der Waals surface area contributed by atoms with E-state index in [1.54, 1.807) is 18.2 Å². The molecule has 7 heteroatoms. The Labute approximate surface area is 205 Å². The maximum Gasteiger partial charge on any atom is 0.298 e. The molecule has 1 aliphatic rings. The van der Waals surface area contributed by atoms with Gasteiger partial charge in [0.1, 0.15) is 11.3 Å². The molecule has 1 N–H and O–H groups in total. The lowest BCUT2D eigenvalue weighted by Crippen LogP contribution is -2.27. The van der Waals surface area contributed by atoms with Gasteiger partial charge in [-0.1, -0.05) is 24.8 Å². The molecule has 4 rings (SSSR count). The number of amides is 1. The van der Waals surface area contributed by atoms with E-state index in [1.807, 2.05) is 44.3 Å². The fourth-order valence-corrected chi connectivity index (χ4v) is 4.25. The molecule has 0 saturated carbocycles. The highest BCUT2D eigenvalue weighted by Crippen LogP contribution is 2.26. The number of anilines is 2. The van der Waals surface area contributed by atoms with Gasteiger partial charge in [-0.25, -0.2) is 4.39 Å². The Morgan fingerprint density at radius 3 is 2.69 bits per heavy atom. The Kier molecular flexibility index (Phi) is 7.46. The fraction of sp³-hybridized carbons (Fsp3) is 0.286. The number of hydrogen-bond donors (Lipinski definition) is 1. The molecular formula is C28H31FN4O2. The average molecular weight is 475 g/mol. The molecule has 3 aromatic rings. The zero-order valence-corrected chi connectivity index (χ0v) is 20.4. The van der Waals surface area contributed by atoms with E-state index in [9.17, 15) is 9.18 Å². The number of allylic oxidation sites excluding steroid dienone is 5. The molecule has 0 aliphatic carbocycles. The molecule has 1 fully saturated rings. The van der Waals surface area contributed by atoms with Crippen LogP contribution in [0.3, 0.4) is 0 Å². The number of rotatable bonds is 8. The first-order valence-electron chi connectivity index (χ1n) is 11.7. The third-order valence-electron chi connectivity index (χ3n) is 6.27. The molecule has 2 heterocycles. The van der Waals surface area contributed by atoms with Crippen molar-refractivity contribution < 1.29 is 13.6 Å². The minimum absolute atomic E-state index is 0.221. The molecule has 6 nitrogen and oxygen atoms in total. The maximum atomic E-state index is 13.2. The van der Waals surface area contributed by atoms with Crippen LogP contribution in [0.1, 0.15) is 29.3 Å². The fourth-order valence-electron chi connectivity index (χ4n) is 4.25. The normalized spacial score (nSPS) is 17.1. The first kappa shape index (κ1) is 24.4. The summed E-state index contributed by atoms with van der Waals surface area (Å²) in [5, 5.41) is 2.92. The van der Waals surface area contributed by atoms with Crippen LogP contribution in [0.4, 0.5) is 16.1 Å². The highest BCUT2D eigenvalue weighted by molar-refractivity contribution is 6.05. The molecule has 1 amide bonds. The van der Waals surface area contributed by atoms with Gasteiger partial charge in [0.2, 0.25) is 0 Å². The number of halogens is 1. The number of oxazole rings is 1. The van der Waals surface area contributed by atoms with Crippen LogP contribution in [-0.4, -0.2) is 49.5 Å². The lowest BCUT2D eigenvalue weighted by Gasteiger charge is -2.18. The van der Waals surface area contributed by atoms with Crippen LogP contribution in [0, 0.1) is 5.92 Å². The number of carbonyl (C=O) groups excluding carboxylic acids is 1. The van der Waals surface area contributed by atoms with Crippen molar-refractivity contribution in [3.05, 3.63) is 84.2 Å². The van der Waals surface area contributed by atoms with E-state index in [-0.39, 0.29) is 5.91 Å². The van der Waals surface area contributed by atoms with E-state index in [0.717, 1.165) is 36.8 Å². The summed E-state index contributed by atoms with van der Waals surface area (Å²) in [6, 6.07) is 13.2. The number of aromatic nitrogens is 1. The van der Waals surface area contributed by atoms with Crippen LogP contribution in [0.15, 0.2) is 77.5 Å². The van der Waals surface area contributed by atoms with Crippen molar-refractivity contribution >= 4 is 34.3 Å². The van der Waals surface area contributed by atoms with Crippen LogP contribution in [0.5, 0.6) is 0 Å². The smallest absolute Gasteiger partial charge is 0.298 e. The van der Waals surface area contributed by atoms with Gasteiger partial charge in [0.05, 0.1) is 0 Å². The predicted molar refractivity (Wildman–Crippen MR) is 140 cm³/mol. The number of likely N-dealkylation sites (tertiary alicyclic amines) is 1. The Hall–Kier alpha value is -3.71. The number of fused-ring (bicyclic) bond motifs is 1. The standard InChI is InChI=1S/C28H31FN4O2/c1-5-23(29)11-6-19(2)21-7-9-22(10-8-21)27(34)30-24-12-13-26-25(16-24)31-28(35-26)33(4)18-20-14-15-32(3)17-20/h5-13,16,20H,1,14-15,17-18H2,2-4H3,(H,30,34)/b19-6+,23-11+. The first-order valence-corrected chi connectivity index (χ1v) is 11.7. The summed E-state index contributed by atoms with van der Waals surface area (Å²) < 4.78 is 19.2. The topological polar surface area (TPSA) is 61.6 Å². The second-order valence-electron chi connectivity index (χ2n) is 9.11. The Bertz CT molecular complexity index is 1280. The van der Waals surface area contributed by atoms with Gasteiger partial charge in [0, 0.05) is 31.4 Å². The third kappa shape index (κ3) is 6.05. The first-order chi connectivity index (χ1) is 16.8. The highest BCUT2D eigenvalue weighted by atomic mass is 19.1. The van der Waals surface area contributed by atoms with Gasteiger partial charge in [-0.3, -0.25) is 4.79 Å². The van der Waals surface area contributed by atoms with E-state index in [2.05, 4.69) is 33.7 Å². The van der Waals surface area contributed by atoms with Gasteiger partial charge in [0.15, 0.2) is 5.58 Å². The van der Waals surface area contributed by atoms with Gasteiger partial charge in [0.25, 0.3) is 11.9 Å². The minimum Gasteiger partial charge on any atom is -0.423 e. The summed E-state index contributed by atoms with van der Waals surface area (Å²) in [5.41, 5.74) is 4.33. The summed E-state index contributed by atoms with van der Waals surface area (Å²) in [6.07, 6.45) is 5.37. The van der Waals surface area contributed by atoms with Crippen molar-refractivity contribution in [1.82, 2.24) is 9.88 Å². The molecule has 0 bridgehead atoms. The lowest BCUT2D eigenvalue weighted by molar-refractivity contribution is 0.102. The van der Waals surface area contributed by atoms with Gasteiger partial charge in [-0.05, 0) is 86.5 Å². The highest BCUT2D eigenvalue weighted by Gasteiger charge is 2.22. The average Bonchev–Trinajstić information content (AvgIpc) is 3.47. The molecule has 1 aromatic heterocycles. The predicted octanol–water partition coefficient (Wildman–Crippen LogP) is 5.91. The van der Waals surface area contributed by atoms with Crippen LogP contribution >= 0.6 is 0 Å². The molecule has 2 aromatic carbocycles. The maximum absolute atomic E-state index is 13.2. The monoisotopic (exact) mass is 474 g/mol. The molecule has 182 valence electrons. The van der Waals surface area contributed by atoms with Crippen LogP contribution in [-0.2, 0) is 0 Å². The van der Waals surface area contributed by atoms with E-state index < -0.39 is 5.83 Å².